The predicted octanol–water partition coefficient (Wildman–Crippen LogP) is 4.84. The minimum Gasteiger partial charge on any atom is -0.507 e. The van der Waals surface area contributed by atoms with Crippen LogP contribution in [0.2, 0.25) is 0 Å². The van der Waals surface area contributed by atoms with Crippen molar-refractivity contribution in [3.8, 4) is 5.75 Å². The number of carbonyl (C=O) groups excluding carboxylic acids is 2. The van der Waals surface area contributed by atoms with Crippen LogP contribution in [0.3, 0.4) is 0 Å². The van der Waals surface area contributed by atoms with Crippen LogP contribution < -0.4 is 4.74 Å². The van der Waals surface area contributed by atoms with Crippen LogP contribution in [0.1, 0.15) is 48.1 Å². The molecule has 1 aromatic heterocycles. The zero-order valence-corrected chi connectivity index (χ0v) is 18.9. The Balaban J connectivity index is 1.83. The van der Waals surface area contributed by atoms with E-state index in [4.69, 9.17) is 4.74 Å². The minimum atomic E-state index is -0.714. The van der Waals surface area contributed by atoms with Gasteiger partial charge in [-0.2, -0.15) is 0 Å². The fourth-order valence-corrected chi connectivity index (χ4v) is 4.05. The summed E-state index contributed by atoms with van der Waals surface area (Å²) in [4.78, 5) is 31.9. The lowest BCUT2D eigenvalue weighted by Crippen LogP contribution is -2.29. The standard InChI is InChI=1S/C27H26N2O4/c1-17(2)19-6-8-20(9-7-19)24-23(25(30)21-10-12-22(33-3)13-11-21)26(31)27(32)29(24)16-18-5-4-14-28-15-18/h4-15,17,24,30H,16H2,1-3H3. The van der Waals surface area contributed by atoms with E-state index in [1.165, 1.54) is 4.90 Å². The lowest BCUT2D eigenvalue weighted by molar-refractivity contribution is -0.140. The Morgan fingerprint density at radius 3 is 2.33 bits per heavy atom. The monoisotopic (exact) mass is 442 g/mol. The van der Waals surface area contributed by atoms with E-state index >= 15 is 0 Å². The first-order valence-corrected chi connectivity index (χ1v) is 10.8. The number of aliphatic hydroxyl groups excluding tert-OH is 1. The molecule has 1 unspecified atom stereocenters. The third kappa shape index (κ3) is 4.37. The molecule has 1 saturated heterocycles. The van der Waals surface area contributed by atoms with Crippen LogP contribution in [0.5, 0.6) is 5.75 Å². The highest BCUT2D eigenvalue weighted by molar-refractivity contribution is 6.46. The fraction of sp³-hybridized carbons (Fsp3) is 0.222. The highest BCUT2D eigenvalue weighted by atomic mass is 16.5. The molecule has 1 N–H and O–H groups in total. The maximum absolute atomic E-state index is 13.2. The van der Waals surface area contributed by atoms with Gasteiger partial charge in [0.25, 0.3) is 11.7 Å². The van der Waals surface area contributed by atoms with Crippen LogP contribution in [-0.2, 0) is 16.1 Å². The molecule has 2 aromatic carbocycles. The van der Waals surface area contributed by atoms with Crippen LogP contribution >= 0.6 is 0 Å². The number of rotatable bonds is 6. The van der Waals surface area contributed by atoms with E-state index in [0.717, 1.165) is 16.7 Å². The molecular formula is C27H26N2O4. The molecule has 6 heteroatoms. The van der Waals surface area contributed by atoms with Crippen LogP contribution in [0.25, 0.3) is 5.76 Å². The average Bonchev–Trinajstić information content (AvgIpc) is 3.09. The number of aliphatic hydroxyl groups is 1. The number of amides is 1. The molecule has 0 bridgehead atoms. The largest absolute Gasteiger partial charge is 0.507 e. The second-order valence-electron chi connectivity index (χ2n) is 8.34. The summed E-state index contributed by atoms with van der Waals surface area (Å²) in [6.07, 6.45) is 3.32. The number of ketones is 1. The second-order valence-corrected chi connectivity index (χ2v) is 8.34. The third-order valence-corrected chi connectivity index (χ3v) is 5.90. The highest BCUT2D eigenvalue weighted by Crippen LogP contribution is 2.40. The van der Waals surface area contributed by atoms with Crippen molar-refractivity contribution in [3.63, 3.8) is 0 Å². The quantitative estimate of drug-likeness (QED) is 0.336. The number of pyridine rings is 1. The van der Waals surface area contributed by atoms with Gasteiger partial charge in [-0.3, -0.25) is 14.6 Å². The molecule has 0 aliphatic carbocycles. The Kier molecular flexibility index (Phi) is 6.27. The first-order valence-electron chi connectivity index (χ1n) is 10.8. The number of benzene rings is 2. The Bertz CT molecular complexity index is 1180. The van der Waals surface area contributed by atoms with Gasteiger partial charge in [0.1, 0.15) is 11.5 Å². The van der Waals surface area contributed by atoms with Crippen molar-refractivity contribution in [2.24, 2.45) is 0 Å². The zero-order chi connectivity index (χ0) is 23.5. The molecule has 1 aliphatic rings. The lowest BCUT2D eigenvalue weighted by atomic mass is 9.93. The van der Waals surface area contributed by atoms with E-state index in [2.05, 4.69) is 18.8 Å². The SMILES string of the molecule is COc1ccc(C(O)=C2C(=O)C(=O)N(Cc3cccnc3)C2c2ccc(C(C)C)cc2)cc1. The zero-order valence-electron chi connectivity index (χ0n) is 18.9. The fourth-order valence-electron chi connectivity index (χ4n) is 4.05. The number of nitrogens with zero attached hydrogens (tertiary/aromatic N) is 2. The van der Waals surface area contributed by atoms with Crippen molar-refractivity contribution in [2.75, 3.05) is 7.11 Å². The van der Waals surface area contributed by atoms with Crippen molar-refractivity contribution in [2.45, 2.75) is 32.4 Å². The Morgan fingerprint density at radius 1 is 1.06 bits per heavy atom. The van der Waals surface area contributed by atoms with Crippen LogP contribution in [-0.4, -0.2) is 33.8 Å². The molecule has 1 aliphatic heterocycles. The van der Waals surface area contributed by atoms with Gasteiger partial charge in [-0.05, 0) is 52.9 Å². The predicted molar refractivity (Wildman–Crippen MR) is 126 cm³/mol. The molecule has 1 fully saturated rings. The van der Waals surface area contributed by atoms with Crippen molar-refractivity contribution in [1.29, 1.82) is 0 Å². The van der Waals surface area contributed by atoms with E-state index < -0.39 is 17.7 Å². The smallest absolute Gasteiger partial charge is 0.295 e. The first-order chi connectivity index (χ1) is 15.9. The van der Waals surface area contributed by atoms with Gasteiger partial charge >= 0.3 is 0 Å². The molecule has 6 nitrogen and oxygen atoms in total. The van der Waals surface area contributed by atoms with Crippen LogP contribution in [0.4, 0.5) is 0 Å². The second kappa shape index (κ2) is 9.28. The molecule has 4 rings (SSSR count). The average molecular weight is 443 g/mol. The maximum Gasteiger partial charge on any atom is 0.295 e. The summed E-state index contributed by atoms with van der Waals surface area (Å²) in [5.41, 5.74) is 3.23. The summed E-state index contributed by atoms with van der Waals surface area (Å²) >= 11 is 0. The van der Waals surface area contributed by atoms with Gasteiger partial charge in [0.05, 0.1) is 18.7 Å². The number of hydrogen-bond acceptors (Lipinski definition) is 5. The van der Waals surface area contributed by atoms with Crippen molar-refractivity contribution >= 4 is 17.4 Å². The van der Waals surface area contributed by atoms with Crippen LogP contribution in [0.15, 0.2) is 78.6 Å². The van der Waals surface area contributed by atoms with Crippen molar-refractivity contribution in [3.05, 3.63) is 101 Å². The van der Waals surface area contributed by atoms with E-state index in [-0.39, 0.29) is 17.9 Å². The normalized spacial score (nSPS) is 17.6. The number of Topliss-reactive ketones (excluding diaryl/α,β-unsaturated/α-hetero) is 1. The van der Waals surface area contributed by atoms with Gasteiger partial charge in [-0.15, -0.1) is 0 Å². The number of hydrogen-bond donors (Lipinski definition) is 1. The number of likely N-dealkylation sites (tertiary alicyclic amines) is 1. The lowest BCUT2D eigenvalue weighted by Gasteiger charge is -2.25. The Hall–Kier alpha value is -3.93. The molecule has 3 aromatic rings. The molecule has 1 amide bonds. The Labute approximate surface area is 193 Å². The summed E-state index contributed by atoms with van der Waals surface area (Å²) in [6, 6.07) is 17.5. The summed E-state index contributed by atoms with van der Waals surface area (Å²) in [6.45, 7) is 4.41. The molecule has 0 spiro atoms. The highest BCUT2D eigenvalue weighted by Gasteiger charge is 2.46. The van der Waals surface area contributed by atoms with Gasteiger partial charge in [0.15, 0.2) is 0 Å². The molecule has 33 heavy (non-hydrogen) atoms. The van der Waals surface area contributed by atoms with Crippen molar-refractivity contribution < 1.29 is 19.4 Å². The number of methoxy groups -OCH3 is 1. The van der Waals surface area contributed by atoms with Gasteiger partial charge in [0, 0.05) is 24.5 Å². The topological polar surface area (TPSA) is 79.7 Å². The summed E-state index contributed by atoms with van der Waals surface area (Å²) in [5, 5.41) is 11.2. The number of ether oxygens (including phenoxy) is 1. The van der Waals surface area contributed by atoms with Gasteiger partial charge < -0.3 is 14.7 Å². The third-order valence-electron chi connectivity index (χ3n) is 5.90. The van der Waals surface area contributed by atoms with E-state index in [0.29, 0.717) is 17.2 Å². The van der Waals surface area contributed by atoms with Gasteiger partial charge in [0.2, 0.25) is 0 Å². The van der Waals surface area contributed by atoms with Gasteiger partial charge in [-0.1, -0.05) is 44.2 Å². The molecular weight excluding hydrogens is 416 g/mol. The molecule has 1 atom stereocenters. The van der Waals surface area contributed by atoms with E-state index in [9.17, 15) is 14.7 Å². The van der Waals surface area contributed by atoms with Crippen LogP contribution in [0, 0.1) is 0 Å². The molecule has 0 saturated carbocycles. The first kappa shape index (κ1) is 22.3. The van der Waals surface area contributed by atoms with Gasteiger partial charge in [-0.25, -0.2) is 0 Å². The van der Waals surface area contributed by atoms with E-state index in [1.807, 2.05) is 30.3 Å². The van der Waals surface area contributed by atoms with Crippen molar-refractivity contribution in [1.82, 2.24) is 9.88 Å². The summed E-state index contributed by atoms with van der Waals surface area (Å²) in [5.74, 6) is -0.580. The summed E-state index contributed by atoms with van der Waals surface area (Å²) < 4.78 is 5.18. The Morgan fingerprint density at radius 2 is 1.76 bits per heavy atom. The van der Waals surface area contributed by atoms with E-state index in [1.54, 1.807) is 49.8 Å². The maximum atomic E-state index is 13.2. The number of carbonyl (C=O) groups is 2. The number of aromatic nitrogens is 1. The minimum absolute atomic E-state index is 0.0753. The molecule has 2 heterocycles. The summed E-state index contributed by atoms with van der Waals surface area (Å²) in [7, 11) is 1.56. The molecule has 0 radical (unpaired) electrons. The molecule has 168 valence electrons.